The molecule has 1 N–H and O–H groups in total. The van der Waals surface area contributed by atoms with Crippen LogP contribution in [0.5, 0.6) is 0 Å². The number of rotatable bonds is 5. The zero-order valence-corrected chi connectivity index (χ0v) is 16.2. The minimum Gasteiger partial charge on any atom is -0.322 e. The van der Waals surface area contributed by atoms with Gasteiger partial charge in [0.1, 0.15) is 6.04 Å². The number of hydrogen-bond acceptors (Lipinski definition) is 2. The summed E-state index contributed by atoms with van der Waals surface area (Å²) < 4.78 is 0. The van der Waals surface area contributed by atoms with Crippen LogP contribution in [0, 0.1) is 0 Å². The maximum absolute atomic E-state index is 13.1. The number of benzene rings is 3. The summed E-state index contributed by atoms with van der Waals surface area (Å²) in [5, 5.41) is 2.87. The second kappa shape index (κ2) is 8.15. The minimum absolute atomic E-state index is 0.222. The van der Waals surface area contributed by atoms with Crippen LogP contribution in [-0.2, 0) is 11.3 Å². The first-order valence-electron chi connectivity index (χ1n) is 9.62. The van der Waals surface area contributed by atoms with E-state index < -0.39 is 6.04 Å². The lowest BCUT2D eigenvalue weighted by atomic mass is 9.90. The predicted octanol–water partition coefficient (Wildman–Crippen LogP) is 4.63. The number of carbonyl (C=O) groups excluding carboxylic acids is 2. The first-order chi connectivity index (χ1) is 14.1. The van der Waals surface area contributed by atoms with Crippen molar-refractivity contribution >= 4 is 17.5 Å². The van der Waals surface area contributed by atoms with E-state index in [0.29, 0.717) is 0 Å². The largest absolute Gasteiger partial charge is 0.325 e. The van der Waals surface area contributed by atoms with E-state index in [-0.39, 0.29) is 18.5 Å². The summed E-state index contributed by atoms with van der Waals surface area (Å²) >= 11 is 0. The van der Waals surface area contributed by atoms with Gasteiger partial charge in [0.25, 0.3) is 5.91 Å². The van der Waals surface area contributed by atoms with Crippen LogP contribution in [0.2, 0.25) is 0 Å². The third-order valence-electron chi connectivity index (χ3n) is 5.16. The van der Waals surface area contributed by atoms with Crippen molar-refractivity contribution in [1.82, 2.24) is 10.2 Å². The van der Waals surface area contributed by atoms with Crippen molar-refractivity contribution in [1.29, 1.82) is 0 Å². The summed E-state index contributed by atoms with van der Waals surface area (Å²) in [5.41, 5.74) is 4.74. The number of carbonyl (C=O) groups is 2. The molecule has 3 aromatic carbocycles. The molecule has 1 atom stereocenters. The monoisotopic (exact) mass is 382 g/mol. The van der Waals surface area contributed by atoms with Gasteiger partial charge in [0.2, 0.25) is 0 Å². The number of urea groups is 1. The Balaban J connectivity index is 1.72. The lowest BCUT2D eigenvalue weighted by molar-refractivity contribution is -0.127. The molecule has 144 valence electrons. The average molecular weight is 382 g/mol. The van der Waals surface area contributed by atoms with Crippen LogP contribution in [0.1, 0.15) is 23.6 Å². The molecule has 3 aromatic rings. The SMILES string of the molecule is CC(=C(c1ccccc1)c1ccccc1)C1NC(=O)N(Cc2ccccc2)C1=O. The maximum atomic E-state index is 13.1. The van der Waals surface area contributed by atoms with Crippen LogP contribution in [0.15, 0.2) is 96.6 Å². The van der Waals surface area contributed by atoms with Crippen LogP contribution >= 0.6 is 0 Å². The Kier molecular flexibility index (Phi) is 5.25. The molecule has 0 saturated carbocycles. The highest BCUT2D eigenvalue weighted by Crippen LogP contribution is 2.30. The Morgan fingerprint density at radius 3 is 1.79 bits per heavy atom. The van der Waals surface area contributed by atoms with Gasteiger partial charge in [-0.05, 0) is 34.8 Å². The molecule has 29 heavy (non-hydrogen) atoms. The first kappa shape index (κ1) is 18.7. The summed E-state index contributed by atoms with van der Waals surface area (Å²) in [6.45, 7) is 2.19. The van der Waals surface area contributed by atoms with Crippen molar-refractivity contribution in [2.45, 2.75) is 19.5 Å². The second-order valence-corrected chi connectivity index (χ2v) is 7.08. The van der Waals surface area contributed by atoms with Crippen molar-refractivity contribution in [2.24, 2.45) is 0 Å². The van der Waals surface area contributed by atoms with Gasteiger partial charge in [-0.15, -0.1) is 0 Å². The van der Waals surface area contributed by atoms with E-state index in [1.165, 1.54) is 4.90 Å². The number of nitrogens with zero attached hydrogens (tertiary/aromatic N) is 1. The van der Waals surface area contributed by atoms with Crippen LogP contribution < -0.4 is 5.32 Å². The minimum atomic E-state index is -0.679. The molecule has 4 rings (SSSR count). The molecule has 3 amide bonds. The summed E-state index contributed by atoms with van der Waals surface area (Å²) in [5.74, 6) is -0.222. The number of hydrogen-bond donors (Lipinski definition) is 1. The highest BCUT2D eigenvalue weighted by molar-refractivity contribution is 6.07. The van der Waals surface area contributed by atoms with Gasteiger partial charge in [0.05, 0.1) is 6.54 Å². The standard InChI is InChI=1S/C25H22N2O2/c1-18(22(20-13-7-3-8-14-20)21-15-9-4-10-16-21)23-24(28)27(25(29)26-23)17-19-11-5-2-6-12-19/h2-16,23H,17H2,1H3,(H,26,29). The second-order valence-electron chi connectivity index (χ2n) is 7.08. The van der Waals surface area contributed by atoms with Crippen molar-refractivity contribution in [2.75, 3.05) is 0 Å². The zero-order chi connectivity index (χ0) is 20.2. The molecular weight excluding hydrogens is 360 g/mol. The van der Waals surface area contributed by atoms with Crippen molar-refractivity contribution in [3.63, 3.8) is 0 Å². The molecule has 1 aliphatic rings. The molecule has 0 aromatic heterocycles. The van der Waals surface area contributed by atoms with Crippen LogP contribution in [0.25, 0.3) is 5.57 Å². The van der Waals surface area contributed by atoms with Crippen molar-refractivity contribution in [3.8, 4) is 0 Å². The van der Waals surface area contributed by atoms with Crippen LogP contribution in [-0.4, -0.2) is 22.9 Å². The van der Waals surface area contributed by atoms with Gasteiger partial charge in [-0.25, -0.2) is 4.79 Å². The quantitative estimate of drug-likeness (QED) is 0.654. The molecular formula is C25H22N2O2. The maximum Gasteiger partial charge on any atom is 0.325 e. The Morgan fingerprint density at radius 2 is 1.28 bits per heavy atom. The molecule has 0 bridgehead atoms. The van der Waals surface area contributed by atoms with Crippen LogP contribution in [0.3, 0.4) is 0 Å². The molecule has 4 heteroatoms. The van der Waals surface area contributed by atoms with E-state index in [2.05, 4.69) is 5.32 Å². The molecule has 4 nitrogen and oxygen atoms in total. The lowest BCUT2D eigenvalue weighted by Crippen LogP contribution is -2.32. The van der Waals surface area contributed by atoms with Crippen LogP contribution in [0.4, 0.5) is 4.79 Å². The molecule has 1 aliphatic heterocycles. The van der Waals surface area contributed by atoms with E-state index in [9.17, 15) is 9.59 Å². The smallest absolute Gasteiger partial charge is 0.322 e. The summed E-state index contributed by atoms with van der Waals surface area (Å²) in [7, 11) is 0. The average Bonchev–Trinajstić information content (AvgIpc) is 3.04. The summed E-state index contributed by atoms with van der Waals surface area (Å²) in [6.07, 6.45) is 0. The molecule has 1 fully saturated rings. The van der Waals surface area contributed by atoms with Crippen molar-refractivity contribution in [3.05, 3.63) is 113 Å². The summed E-state index contributed by atoms with van der Waals surface area (Å²) in [6, 6.07) is 28.4. The lowest BCUT2D eigenvalue weighted by Gasteiger charge is -2.18. The normalized spacial score (nSPS) is 15.9. The number of nitrogens with one attached hydrogen (secondary N) is 1. The van der Waals surface area contributed by atoms with Gasteiger partial charge >= 0.3 is 6.03 Å². The van der Waals surface area contributed by atoms with E-state index in [0.717, 1.165) is 27.8 Å². The highest BCUT2D eigenvalue weighted by Gasteiger charge is 2.39. The van der Waals surface area contributed by atoms with E-state index in [1.54, 1.807) is 0 Å². The van der Waals surface area contributed by atoms with Gasteiger partial charge in [0.15, 0.2) is 0 Å². The molecule has 1 unspecified atom stereocenters. The molecule has 1 heterocycles. The fraction of sp³-hybridized carbons (Fsp3) is 0.120. The van der Waals surface area contributed by atoms with E-state index >= 15 is 0 Å². The summed E-state index contributed by atoms with van der Waals surface area (Å²) in [4.78, 5) is 27.0. The van der Waals surface area contributed by atoms with Gasteiger partial charge in [-0.3, -0.25) is 9.69 Å². The Bertz CT molecular complexity index is 1000. The van der Waals surface area contributed by atoms with Gasteiger partial charge in [-0.2, -0.15) is 0 Å². The number of amides is 3. The first-order valence-corrected chi connectivity index (χ1v) is 9.62. The van der Waals surface area contributed by atoms with E-state index in [4.69, 9.17) is 0 Å². The Morgan fingerprint density at radius 1 is 0.793 bits per heavy atom. The molecule has 1 saturated heterocycles. The highest BCUT2D eigenvalue weighted by atomic mass is 16.2. The third-order valence-corrected chi connectivity index (χ3v) is 5.16. The zero-order valence-electron chi connectivity index (χ0n) is 16.2. The predicted molar refractivity (Wildman–Crippen MR) is 114 cm³/mol. The van der Waals surface area contributed by atoms with Crippen molar-refractivity contribution < 1.29 is 9.59 Å². The molecule has 0 spiro atoms. The van der Waals surface area contributed by atoms with E-state index in [1.807, 2.05) is 97.9 Å². The Hall–Kier alpha value is -3.66. The third kappa shape index (κ3) is 3.83. The topological polar surface area (TPSA) is 49.4 Å². The van der Waals surface area contributed by atoms with Gasteiger partial charge in [-0.1, -0.05) is 91.0 Å². The van der Waals surface area contributed by atoms with Gasteiger partial charge in [0, 0.05) is 0 Å². The fourth-order valence-electron chi connectivity index (χ4n) is 3.70. The molecule has 0 aliphatic carbocycles. The Labute approximate surface area is 170 Å². The number of imide groups is 1. The molecule has 0 radical (unpaired) electrons. The van der Waals surface area contributed by atoms with Gasteiger partial charge < -0.3 is 5.32 Å². The fourth-order valence-corrected chi connectivity index (χ4v) is 3.70.